The second-order valence-corrected chi connectivity index (χ2v) is 5.82. The van der Waals surface area contributed by atoms with Crippen molar-refractivity contribution in [2.45, 2.75) is 59.0 Å². The van der Waals surface area contributed by atoms with Crippen LogP contribution in [-0.2, 0) is 4.74 Å². The summed E-state index contributed by atoms with van der Waals surface area (Å²) in [6.45, 7) is 15.3. The molecule has 0 bridgehead atoms. The van der Waals surface area contributed by atoms with E-state index in [0.29, 0.717) is 6.04 Å². The lowest BCUT2D eigenvalue weighted by Gasteiger charge is -2.27. The highest BCUT2D eigenvalue weighted by Crippen LogP contribution is 2.03. The van der Waals surface area contributed by atoms with E-state index >= 15 is 0 Å². The van der Waals surface area contributed by atoms with E-state index in [1.165, 1.54) is 19.4 Å². The number of unbranched alkanes of at least 4 members (excludes halogenated alkanes) is 1. The monoisotopic (exact) mass is 244 g/mol. The Kier molecular flexibility index (Phi) is 8.83. The van der Waals surface area contributed by atoms with Crippen LogP contribution in [-0.4, -0.2) is 49.8 Å². The quantitative estimate of drug-likeness (QED) is 0.631. The summed E-state index contributed by atoms with van der Waals surface area (Å²) in [4.78, 5) is 2.49. The molecule has 0 aromatic heterocycles. The van der Waals surface area contributed by atoms with Crippen molar-refractivity contribution >= 4 is 0 Å². The van der Waals surface area contributed by atoms with E-state index in [9.17, 15) is 0 Å². The van der Waals surface area contributed by atoms with E-state index in [-0.39, 0.29) is 5.54 Å². The van der Waals surface area contributed by atoms with E-state index in [2.05, 4.69) is 44.8 Å². The molecule has 1 N–H and O–H groups in total. The van der Waals surface area contributed by atoms with Gasteiger partial charge in [0.2, 0.25) is 0 Å². The lowest BCUT2D eigenvalue weighted by atomic mass is 10.1. The van der Waals surface area contributed by atoms with Crippen LogP contribution in [0.3, 0.4) is 0 Å². The summed E-state index contributed by atoms with van der Waals surface area (Å²) in [5, 5.41) is 3.52. The summed E-state index contributed by atoms with van der Waals surface area (Å²) < 4.78 is 5.20. The molecule has 0 aromatic carbocycles. The average molecular weight is 244 g/mol. The summed E-state index contributed by atoms with van der Waals surface area (Å²) in [5.41, 5.74) is 0.244. The number of hydrogen-bond acceptors (Lipinski definition) is 3. The molecule has 17 heavy (non-hydrogen) atoms. The average Bonchev–Trinajstić information content (AvgIpc) is 2.22. The van der Waals surface area contributed by atoms with Gasteiger partial charge in [-0.05, 0) is 60.2 Å². The molecular weight excluding hydrogens is 212 g/mol. The number of hydrogen-bond donors (Lipinski definition) is 1. The molecule has 0 fully saturated rings. The minimum absolute atomic E-state index is 0.244. The van der Waals surface area contributed by atoms with Crippen LogP contribution >= 0.6 is 0 Å². The molecule has 0 saturated heterocycles. The van der Waals surface area contributed by atoms with Gasteiger partial charge in [-0.15, -0.1) is 0 Å². The largest absolute Gasteiger partial charge is 0.383 e. The number of nitrogens with one attached hydrogen (secondary N) is 1. The van der Waals surface area contributed by atoms with Gasteiger partial charge < -0.3 is 10.1 Å². The third-order valence-electron chi connectivity index (χ3n) is 2.96. The van der Waals surface area contributed by atoms with Crippen molar-refractivity contribution in [1.29, 1.82) is 0 Å². The lowest BCUT2D eigenvalue weighted by molar-refractivity contribution is 0.101. The Hall–Kier alpha value is -0.120. The van der Waals surface area contributed by atoms with Gasteiger partial charge in [-0.2, -0.15) is 0 Å². The third kappa shape index (κ3) is 9.57. The Morgan fingerprint density at radius 1 is 1.24 bits per heavy atom. The van der Waals surface area contributed by atoms with Crippen LogP contribution in [0.15, 0.2) is 0 Å². The molecule has 0 aliphatic carbocycles. The molecule has 1 unspecified atom stereocenters. The topological polar surface area (TPSA) is 24.5 Å². The Balaban J connectivity index is 3.63. The molecule has 1 atom stereocenters. The molecule has 3 heteroatoms. The van der Waals surface area contributed by atoms with E-state index in [1.54, 1.807) is 7.11 Å². The van der Waals surface area contributed by atoms with Crippen LogP contribution in [0, 0.1) is 0 Å². The Labute approximate surface area is 108 Å². The zero-order chi connectivity index (χ0) is 13.3. The van der Waals surface area contributed by atoms with Gasteiger partial charge in [0, 0.05) is 18.7 Å². The van der Waals surface area contributed by atoms with Crippen LogP contribution in [0.4, 0.5) is 0 Å². The maximum atomic E-state index is 5.20. The SMILES string of the molecule is CCN(CCCCNC(C)(C)C)C(C)COC. The van der Waals surface area contributed by atoms with Crippen molar-refractivity contribution in [3.05, 3.63) is 0 Å². The molecule has 0 amide bonds. The lowest BCUT2D eigenvalue weighted by Crippen LogP contribution is -2.38. The van der Waals surface area contributed by atoms with Gasteiger partial charge in [0.05, 0.1) is 6.61 Å². The second-order valence-electron chi connectivity index (χ2n) is 5.82. The fourth-order valence-corrected chi connectivity index (χ4v) is 1.94. The second kappa shape index (κ2) is 8.90. The summed E-state index contributed by atoms with van der Waals surface area (Å²) in [6.07, 6.45) is 2.50. The molecule has 0 rings (SSSR count). The summed E-state index contributed by atoms with van der Waals surface area (Å²) in [6, 6.07) is 0.528. The molecule has 0 saturated carbocycles. The van der Waals surface area contributed by atoms with Crippen LogP contribution in [0.5, 0.6) is 0 Å². The fourth-order valence-electron chi connectivity index (χ4n) is 1.94. The van der Waals surface area contributed by atoms with Gasteiger partial charge >= 0.3 is 0 Å². The maximum Gasteiger partial charge on any atom is 0.0615 e. The van der Waals surface area contributed by atoms with Gasteiger partial charge in [-0.1, -0.05) is 6.92 Å². The van der Waals surface area contributed by atoms with Crippen LogP contribution < -0.4 is 5.32 Å². The molecule has 0 spiro atoms. The minimum atomic E-state index is 0.244. The van der Waals surface area contributed by atoms with E-state index in [1.807, 2.05) is 0 Å². The normalized spacial score (nSPS) is 14.3. The standard InChI is InChI=1S/C14H32N2O/c1-7-16(13(2)12-17-6)11-9-8-10-15-14(3,4)5/h13,15H,7-12H2,1-6H3. The highest BCUT2D eigenvalue weighted by Gasteiger charge is 2.11. The predicted octanol–water partition coefficient (Wildman–Crippen LogP) is 2.51. The van der Waals surface area contributed by atoms with E-state index in [0.717, 1.165) is 19.7 Å². The molecular formula is C14H32N2O. The minimum Gasteiger partial charge on any atom is -0.383 e. The summed E-state index contributed by atoms with van der Waals surface area (Å²) >= 11 is 0. The number of likely N-dealkylation sites (N-methyl/N-ethyl adjacent to an activating group) is 1. The first kappa shape index (κ1) is 16.9. The smallest absolute Gasteiger partial charge is 0.0615 e. The summed E-state index contributed by atoms with van der Waals surface area (Å²) in [5.74, 6) is 0. The number of methoxy groups -OCH3 is 1. The Bertz CT molecular complexity index is 178. The highest BCUT2D eigenvalue weighted by molar-refractivity contribution is 4.70. The van der Waals surface area contributed by atoms with Crippen molar-refractivity contribution in [1.82, 2.24) is 10.2 Å². The third-order valence-corrected chi connectivity index (χ3v) is 2.96. The highest BCUT2D eigenvalue weighted by atomic mass is 16.5. The van der Waals surface area contributed by atoms with Crippen LogP contribution in [0.2, 0.25) is 0 Å². The number of rotatable bonds is 9. The molecule has 0 aliphatic rings. The molecule has 0 radical (unpaired) electrons. The molecule has 104 valence electrons. The first-order valence-corrected chi connectivity index (χ1v) is 6.88. The van der Waals surface area contributed by atoms with Gasteiger partial charge in [0.1, 0.15) is 0 Å². The van der Waals surface area contributed by atoms with Gasteiger partial charge in [0.15, 0.2) is 0 Å². The van der Waals surface area contributed by atoms with Crippen molar-refractivity contribution in [2.24, 2.45) is 0 Å². The fraction of sp³-hybridized carbons (Fsp3) is 1.00. The molecule has 0 heterocycles. The molecule has 0 aliphatic heterocycles. The van der Waals surface area contributed by atoms with Crippen molar-refractivity contribution in [2.75, 3.05) is 33.4 Å². The zero-order valence-electron chi connectivity index (χ0n) is 12.7. The van der Waals surface area contributed by atoms with E-state index in [4.69, 9.17) is 4.74 Å². The maximum absolute atomic E-state index is 5.20. The van der Waals surface area contributed by atoms with Crippen LogP contribution in [0.1, 0.15) is 47.5 Å². The zero-order valence-corrected chi connectivity index (χ0v) is 12.7. The van der Waals surface area contributed by atoms with Crippen molar-refractivity contribution in [3.8, 4) is 0 Å². The first-order valence-electron chi connectivity index (χ1n) is 6.88. The van der Waals surface area contributed by atoms with Crippen LogP contribution in [0.25, 0.3) is 0 Å². The van der Waals surface area contributed by atoms with E-state index < -0.39 is 0 Å². The van der Waals surface area contributed by atoms with Crippen molar-refractivity contribution in [3.63, 3.8) is 0 Å². The van der Waals surface area contributed by atoms with Crippen molar-refractivity contribution < 1.29 is 4.74 Å². The Morgan fingerprint density at radius 2 is 1.88 bits per heavy atom. The number of ether oxygens (including phenoxy) is 1. The van der Waals surface area contributed by atoms with Gasteiger partial charge in [-0.3, -0.25) is 4.90 Å². The molecule has 0 aromatic rings. The number of nitrogens with zero attached hydrogens (tertiary/aromatic N) is 1. The van der Waals surface area contributed by atoms with Gasteiger partial charge in [0.25, 0.3) is 0 Å². The predicted molar refractivity (Wildman–Crippen MR) is 75.6 cm³/mol. The van der Waals surface area contributed by atoms with Gasteiger partial charge in [-0.25, -0.2) is 0 Å². The summed E-state index contributed by atoms with van der Waals surface area (Å²) in [7, 11) is 1.78. The molecule has 3 nitrogen and oxygen atoms in total. The first-order chi connectivity index (χ1) is 7.90. The Morgan fingerprint density at radius 3 is 2.35 bits per heavy atom.